The maximum absolute atomic E-state index is 11.9. The van der Waals surface area contributed by atoms with Crippen molar-refractivity contribution in [3.05, 3.63) is 59.7 Å². The molecule has 1 fully saturated rings. The van der Waals surface area contributed by atoms with Gasteiger partial charge >= 0.3 is 0 Å². The first-order valence-electron chi connectivity index (χ1n) is 10.2. The first-order chi connectivity index (χ1) is 14.1. The van der Waals surface area contributed by atoms with Crippen LogP contribution in [0.25, 0.3) is 0 Å². The Morgan fingerprint density at radius 3 is 2.69 bits per heavy atom. The zero-order chi connectivity index (χ0) is 20.6. The number of ether oxygens (including phenoxy) is 1. The van der Waals surface area contributed by atoms with Crippen LogP contribution in [0.5, 0.6) is 11.5 Å². The molecule has 1 amide bonds. The lowest BCUT2D eigenvalue weighted by molar-refractivity contribution is -0.129. The molecule has 0 saturated carbocycles. The molecule has 0 aromatic heterocycles. The molecule has 2 aromatic rings. The summed E-state index contributed by atoms with van der Waals surface area (Å²) in [5, 5.41) is 6.79. The summed E-state index contributed by atoms with van der Waals surface area (Å²) in [4.78, 5) is 18.1. The predicted molar refractivity (Wildman–Crippen MR) is 116 cm³/mol. The van der Waals surface area contributed by atoms with E-state index in [1.54, 1.807) is 7.05 Å². The third-order valence-corrected chi connectivity index (χ3v) is 5.08. The van der Waals surface area contributed by atoms with E-state index < -0.39 is 0 Å². The van der Waals surface area contributed by atoms with Gasteiger partial charge in [-0.15, -0.1) is 0 Å². The molecule has 3 rings (SSSR count). The summed E-state index contributed by atoms with van der Waals surface area (Å²) in [5.41, 5.74) is 2.25. The van der Waals surface area contributed by atoms with Crippen LogP contribution in [-0.4, -0.2) is 42.9 Å². The number of rotatable bonds is 6. The van der Waals surface area contributed by atoms with Gasteiger partial charge in [-0.1, -0.05) is 42.8 Å². The van der Waals surface area contributed by atoms with Gasteiger partial charge in [-0.05, 0) is 31.5 Å². The summed E-state index contributed by atoms with van der Waals surface area (Å²) in [6.45, 7) is 6.07. The predicted octanol–water partition coefficient (Wildman–Crippen LogP) is 3.46. The van der Waals surface area contributed by atoms with E-state index in [4.69, 9.17) is 4.74 Å². The maximum atomic E-state index is 11.9. The molecule has 1 heterocycles. The molecule has 2 N–H and O–H groups in total. The molecule has 1 aliphatic heterocycles. The Morgan fingerprint density at radius 2 is 1.97 bits per heavy atom. The lowest BCUT2D eigenvalue weighted by Crippen LogP contribution is -2.44. The van der Waals surface area contributed by atoms with Crippen molar-refractivity contribution >= 4 is 11.9 Å². The van der Waals surface area contributed by atoms with E-state index >= 15 is 0 Å². The minimum atomic E-state index is 0.208. The van der Waals surface area contributed by atoms with Gasteiger partial charge < -0.3 is 20.3 Å². The fraction of sp³-hybridized carbons (Fsp3) is 0.391. The van der Waals surface area contributed by atoms with Gasteiger partial charge in [0.1, 0.15) is 11.5 Å². The van der Waals surface area contributed by atoms with Gasteiger partial charge in [0, 0.05) is 44.7 Å². The van der Waals surface area contributed by atoms with Crippen LogP contribution >= 0.6 is 0 Å². The molecular formula is C23H30N4O2. The first-order valence-corrected chi connectivity index (χ1v) is 10.2. The number of para-hydroxylation sites is 1. The lowest BCUT2D eigenvalue weighted by Gasteiger charge is -2.19. The summed E-state index contributed by atoms with van der Waals surface area (Å²) in [6, 6.07) is 16.2. The van der Waals surface area contributed by atoms with E-state index in [-0.39, 0.29) is 11.9 Å². The van der Waals surface area contributed by atoms with Crippen LogP contribution in [0.3, 0.4) is 0 Å². The second kappa shape index (κ2) is 9.96. The number of hydrogen-bond acceptors (Lipinski definition) is 3. The Balaban J connectivity index is 1.57. The van der Waals surface area contributed by atoms with E-state index in [0.29, 0.717) is 13.0 Å². The number of carbonyl (C=O) groups excluding carboxylic acids is 1. The normalized spacial score (nSPS) is 16.6. The number of amides is 1. The number of nitrogens with zero attached hydrogens (tertiary/aromatic N) is 2. The van der Waals surface area contributed by atoms with Gasteiger partial charge in [0.25, 0.3) is 0 Å². The van der Waals surface area contributed by atoms with Crippen molar-refractivity contribution < 1.29 is 9.53 Å². The average molecular weight is 395 g/mol. The van der Waals surface area contributed by atoms with E-state index in [2.05, 4.69) is 22.5 Å². The van der Waals surface area contributed by atoms with Crippen LogP contribution in [0.15, 0.2) is 53.5 Å². The summed E-state index contributed by atoms with van der Waals surface area (Å²) < 4.78 is 6.07. The van der Waals surface area contributed by atoms with Crippen LogP contribution < -0.4 is 15.4 Å². The van der Waals surface area contributed by atoms with E-state index in [1.165, 1.54) is 5.56 Å². The van der Waals surface area contributed by atoms with Crippen LogP contribution in [0.2, 0.25) is 0 Å². The van der Waals surface area contributed by atoms with Crippen molar-refractivity contribution in [1.82, 2.24) is 15.5 Å². The summed E-state index contributed by atoms with van der Waals surface area (Å²) in [5.74, 6) is 2.57. The molecule has 0 aliphatic carbocycles. The van der Waals surface area contributed by atoms with Crippen molar-refractivity contribution in [2.75, 3.05) is 20.1 Å². The molecule has 2 aromatic carbocycles. The van der Waals surface area contributed by atoms with Crippen molar-refractivity contribution in [2.24, 2.45) is 4.99 Å². The SMILES string of the molecule is CCC(=O)N1CCC(NC(=NC)NCc2ccccc2Oc2ccc(C)cc2)C1. The third-order valence-electron chi connectivity index (χ3n) is 5.08. The van der Waals surface area contributed by atoms with Crippen LogP contribution in [-0.2, 0) is 11.3 Å². The monoisotopic (exact) mass is 394 g/mol. The molecule has 6 heteroatoms. The van der Waals surface area contributed by atoms with Gasteiger partial charge in [0.15, 0.2) is 5.96 Å². The third kappa shape index (κ3) is 5.73. The molecule has 0 bridgehead atoms. The quantitative estimate of drug-likeness (QED) is 0.582. The number of benzene rings is 2. The zero-order valence-corrected chi connectivity index (χ0v) is 17.4. The van der Waals surface area contributed by atoms with Gasteiger partial charge in [0.2, 0.25) is 5.91 Å². The van der Waals surface area contributed by atoms with E-state index in [1.807, 2.05) is 60.4 Å². The second-order valence-electron chi connectivity index (χ2n) is 7.27. The van der Waals surface area contributed by atoms with Gasteiger partial charge in [-0.3, -0.25) is 9.79 Å². The van der Waals surface area contributed by atoms with Crippen LogP contribution in [0, 0.1) is 6.92 Å². The van der Waals surface area contributed by atoms with Crippen LogP contribution in [0.4, 0.5) is 0 Å². The molecule has 0 spiro atoms. The highest BCUT2D eigenvalue weighted by atomic mass is 16.5. The fourth-order valence-electron chi connectivity index (χ4n) is 3.38. The minimum absolute atomic E-state index is 0.208. The average Bonchev–Trinajstić information content (AvgIpc) is 3.21. The summed E-state index contributed by atoms with van der Waals surface area (Å²) >= 11 is 0. The molecule has 1 unspecified atom stereocenters. The number of likely N-dealkylation sites (tertiary alicyclic amines) is 1. The Morgan fingerprint density at radius 1 is 1.21 bits per heavy atom. The molecule has 1 atom stereocenters. The van der Waals surface area contributed by atoms with Crippen molar-refractivity contribution in [3.8, 4) is 11.5 Å². The summed E-state index contributed by atoms with van der Waals surface area (Å²) in [6.07, 6.45) is 1.48. The van der Waals surface area contributed by atoms with E-state index in [9.17, 15) is 4.79 Å². The Hall–Kier alpha value is -3.02. The lowest BCUT2D eigenvalue weighted by atomic mass is 10.2. The number of nitrogens with one attached hydrogen (secondary N) is 2. The number of guanidine groups is 1. The first kappa shape index (κ1) is 20.7. The van der Waals surface area contributed by atoms with E-state index in [0.717, 1.165) is 42.5 Å². The highest BCUT2D eigenvalue weighted by Gasteiger charge is 2.25. The van der Waals surface area contributed by atoms with Gasteiger partial charge in [0.05, 0.1) is 0 Å². The molecule has 1 saturated heterocycles. The summed E-state index contributed by atoms with van der Waals surface area (Å²) in [7, 11) is 1.76. The maximum Gasteiger partial charge on any atom is 0.222 e. The van der Waals surface area contributed by atoms with Crippen molar-refractivity contribution in [2.45, 2.75) is 39.3 Å². The van der Waals surface area contributed by atoms with Crippen molar-refractivity contribution in [3.63, 3.8) is 0 Å². The largest absolute Gasteiger partial charge is 0.457 e. The number of aryl methyl sites for hydroxylation is 1. The molecular weight excluding hydrogens is 364 g/mol. The zero-order valence-electron chi connectivity index (χ0n) is 17.4. The standard InChI is InChI=1S/C23H30N4O2/c1-4-22(28)27-14-13-19(16-27)26-23(24-3)25-15-18-7-5-6-8-21(18)29-20-11-9-17(2)10-12-20/h5-12,19H,4,13-16H2,1-3H3,(H2,24,25,26). The Kier molecular flexibility index (Phi) is 7.11. The number of aliphatic imine (C=N–C) groups is 1. The Bertz CT molecular complexity index is 848. The van der Waals surface area contributed by atoms with Gasteiger partial charge in [-0.2, -0.15) is 0 Å². The molecule has 154 valence electrons. The second-order valence-corrected chi connectivity index (χ2v) is 7.27. The Labute approximate surface area is 173 Å². The van der Waals surface area contributed by atoms with Crippen molar-refractivity contribution in [1.29, 1.82) is 0 Å². The topological polar surface area (TPSA) is 66.0 Å². The molecule has 6 nitrogen and oxygen atoms in total. The highest BCUT2D eigenvalue weighted by Crippen LogP contribution is 2.25. The molecule has 29 heavy (non-hydrogen) atoms. The molecule has 1 aliphatic rings. The molecule has 0 radical (unpaired) electrons. The number of carbonyl (C=O) groups is 1. The fourth-order valence-corrected chi connectivity index (χ4v) is 3.38. The number of hydrogen-bond donors (Lipinski definition) is 2. The van der Waals surface area contributed by atoms with Gasteiger partial charge in [-0.25, -0.2) is 0 Å². The highest BCUT2D eigenvalue weighted by molar-refractivity contribution is 5.80. The smallest absolute Gasteiger partial charge is 0.222 e. The minimum Gasteiger partial charge on any atom is -0.457 e. The van der Waals surface area contributed by atoms with Crippen LogP contribution in [0.1, 0.15) is 30.9 Å².